The first-order valence-corrected chi connectivity index (χ1v) is 7.19. The van der Waals surface area contributed by atoms with Crippen molar-refractivity contribution in [3.05, 3.63) is 0 Å². The van der Waals surface area contributed by atoms with Crippen molar-refractivity contribution in [2.75, 3.05) is 13.6 Å². The monoisotopic (exact) mass is 240 g/mol. The van der Waals surface area contributed by atoms with E-state index in [-0.39, 0.29) is 5.54 Å². The van der Waals surface area contributed by atoms with Crippen molar-refractivity contribution in [2.45, 2.75) is 71.9 Å². The average Bonchev–Trinajstić information content (AvgIpc) is 2.24. The Morgan fingerprint density at radius 1 is 1.35 bits per heavy atom. The lowest BCUT2D eigenvalue weighted by molar-refractivity contribution is -0.0168. The smallest absolute Gasteiger partial charge is 0.0339 e. The summed E-state index contributed by atoms with van der Waals surface area (Å²) in [5.74, 6) is 0.786. The fourth-order valence-corrected chi connectivity index (χ4v) is 4.01. The molecule has 2 heteroatoms. The molecule has 1 aliphatic carbocycles. The Labute approximate surface area is 108 Å². The summed E-state index contributed by atoms with van der Waals surface area (Å²) in [4.78, 5) is 2.56. The highest BCUT2D eigenvalue weighted by atomic mass is 15.2. The van der Waals surface area contributed by atoms with Crippen LogP contribution in [0.15, 0.2) is 0 Å². The predicted molar refractivity (Wildman–Crippen MR) is 76.1 cm³/mol. The molecule has 0 aromatic heterocycles. The molecule has 0 aliphatic heterocycles. The second-order valence-electron chi connectivity index (χ2n) is 7.15. The average molecular weight is 240 g/mol. The van der Waals surface area contributed by atoms with Crippen molar-refractivity contribution in [2.24, 2.45) is 17.1 Å². The van der Waals surface area contributed by atoms with Gasteiger partial charge in [-0.1, -0.05) is 27.7 Å². The molecule has 0 saturated heterocycles. The van der Waals surface area contributed by atoms with Gasteiger partial charge in [0.05, 0.1) is 0 Å². The highest BCUT2D eigenvalue weighted by Gasteiger charge is 2.45. The molecule has 0 aromatic carbocycles. The number of likely N-dealkylation sites (N-methyl/N-ethyl adjacent to an activating group) is 1. The number of hydrogen-bond acceptors (Lipinski definition) is 2. The molecule has 3 unspecified atom stereocenters. The van der Waals surface area contributed by atoms with E-state index >= 15 is 0 Å². The van der Waals surface area contributed by atoms with Gasteiger partial charge in [0.1, 0.15) is 0 Å². The molecular formula is C15H32N2. The van der Waals surface area contributed by atoms with Crippen LogP contribution >= 0.6 is 0 Å². The van der Waals surface area contributed by atoms with Crippen LogP contribution in [0.4, 0.5) is 0 Å². The number of nitrogens with two attached hydrogens (primary N) is 1. The zero-order valence-corrected chi connectivity index (χ0v) is 12.7. The summed E-state index contributed by atoms with van der Waals surface area (Å²) < 4.78 is 0. The third kappa shape index (κ3) is 3.23. The molecule has 1 fully saturated rings. The Kier molecular flexibility index (Phi) is 4.65. The molecule has 0 aromatic rings. The minimum Gasteiger partial charge on any atom is -0.329 e. The molecule has 0 heterocycles. The second kappa shape index (κ2) is 5.27. The number of nitrogens with zero attached hydrogens (tertiary/aromatic N) is 1. The largest absolute Gasteiger partial charge is 0.329 e. The first-order valence-electron chi connectivity index (χ1n) is 7.19. The van der Waals surface area contributed by atoms with Crippen molar-refractivity contribution < 1.29 is 0 Å². The zero-order valence-electron chi connectivity index (χ0n) is 12.7. The van der Waals surface area contributed by atoms with Crippen LogP contribution in [0.2, 0.25) is 0 Å². The van der Waals surface area contributed by atoms with Gasteiger partial charge in [0, 0.05) is 18.1 Å². The standard InChI is InChI=1S/C15H32N2/c1-7-13(3)17(6)15(11-16)9-12(2)8-14(4,5)10-15/h12-13H,7-11,16H2,1-6H3. The third-order valence-electron chi connectivity index (χ3n) is 4.82. The Hall–Kier alpha value is -0.0800. The summed E-state index contributed by atoms with van der Waals surface area (Å²) in [7, 11) is 2.27. The van der Waals surface area contributed by atoms with Gasteiger partial charge in [-0.05, 0) is 51.0 Å². The van der Waals surface area contributed by atoms with E-state index in [9.17, 15) is 0 Å². The van der Waals surface area contributed by atoms with E-state index in [1.54, 1.807) is 0 Å². The van der Waals surface area contributed by atoms with Crippen molar-refractivity contribution >= 4 is 0 Å². The van der Waals surface area contributed by atoms with Gasteiger partial charge in [-0.15, -0.1) is 0 Å². The molecule has 1 aliphatic rings. The van der Waals surface area contributed by atoms with Crippen LogP contribution in [-0.4, -0.2) is 30.1 Å². The minimum absolute atomic E-state index is 0.219. The van der Waals surface area contributed by atoms with Gasteiger partial charge in [-0.25, -0.2) is 0 Å². The van der Waals surface area contributed by atoms with Gasteiger partial charge in [0.2, 0.25) is 0 Å². The molecule has 17 heavy (non-hydrogen) atoms. The Morgan fingerprint density at radius 2 is 1.94 bits per heavy atom. The van der Waals surface area contributed by atoms with E-state index in [4.69, 9.17) is 5.73 Å². The Balaban J connectivity index is 2.94. The quantitative estimate of drug-likeness (QED) is 0.817. The van der Waals surface area contributed by atoms with Crippen LogP contribution in [0.3, 0.4) is 0 Å². The fourth-order valence-electron chi connectivity index (χ4n) is 4.01. The zero-order chi connectivity index (χ0) is 13.3. The first-order chi connectivity index (χ1) is 7.76. The third-order valence-corrected chi connectivity index (χ3v) is 4.82. The van der Waals surface area contributed by atoms with Gasteiger partial charge in [-0.2, -0.15) is 0 Å². The molecule has 0 bridgehead atoms. The van der Waals surface area contributed by atoms with Gasteiger partial charge in [0.25, 0.3) is 0 Å². The summed E-state index contributed by atoms with van der Waals surface area (Å²) in [6.45, 7) is 12.6. The highest BCUT2D eigenvalue weighted by molar-refractivity contribution is 5.01. The molecule has 1 rings (SSSR count). The maximum atomic E-state index is 6.17. The lowest BCUT2D eigenvalue weighted by Crippen LogP contribution is -2.60. The molecule has 0 amide bonds. The molecule has 3 atom stereocenters. The molecule has 2 nitrogen and oxygen atoms in total. The molecule has 0 radical (unpaired) electrons. The van der Waals surface area contributed by atoms with E-state index in [2.05, 4.69) is 46.6 Å². The Bertz CT molecular complexity index is 249. The van der Waals surface area contributed by atoms with Crippen LogP contribution in [-0.2, 0) is 0 Å². The van der Waals surface area contributed by atoms with E-state index in [1.807, 2.05) is 0 Å². The summed E-state index contributed by atoms with van der Waals surface area (Å²) in [6, 6.07) is 0.625. The molecular weight excluding hydrogens is 208 g/mol. The summed E-state index contributed by atoms with van der Waals surface area (Å²) in [5.41, 5.74) is 6.82. The van der Waals surface area contributed by atoms with Crippen LogP contribution in [0.5, 0.6) is 0 Å². The van der Waals surface area contributed by atoms with Crippen LogP contribution in [0.25, 0.3) is 0 Å². The van der Waals surface area contributed by atoms with Crippen molar-refractivity contribution in [3.63, 3.8) is 0 Å². The summed E-state index contributed by atoms with van der Waals surface area (Å²) in [5, 5.41) is 0. The first kappa shape index (κ1) is 15.0. The summed E-state index contributed by atoms with van der Waals surface area (Å²) >= 11 is 0. The maximum absolute atomic E-state index is 6.17. The van der Waals surface area contributed by atoms with Crippen molar-refractivity contribution in [1.82, 2.24) is 4.90 Å². The van der Waals surface area contributed by atoms with E-state index in [0.717, 1.165) is 12.5 Å². The van der Waals surface area contributed by atoms with Gasteiger partial charge < -0.3 is 5.73 Å². The number of hydrogen-bond donors (Lipinski definition) is 1. The van der Waals surface area contributed by atoms with E-state index in [0.29, 0.717) is 11.5 Å². The van der Waals surface area contributed by atoms with Crippen LogP contribution < -0.4 is 5.73 Å². The van der Waals surface area contributed by atoms with Crippen LogP contribution in [0.1, 0.15) is 60.3 Å². The van der Waals surface area contributed by atoms with Gasteiger partial charge in [0.15, 0.2) is 0 Å². The predicted octanol–water partition coefficient (Wildman–Crippen LogP) is 3.26. The minimum atomic E-state index is 0.219. The molecule has 0 spiro atoms. The number of rotatable bonds is 4. The molecule has 102 valence electrons. The van der Waals surface area contributed by atoms with Crippen molar-refractivity contribution in [3.8, 4) is 0 Å². The van der Waals surface area contributed by atoms with E-state index in [1.165, 1.54) is 25.7 Å². The normalized spacial score (nSPS) is 34.9. The lowest BCUT2D eigenvalue weighted by atomic mass is 9.63. The topological polar surface area (TPSA) is 29.3 Å². The fraction of sp³-hybridized carbons (Fsp3) is 1.00. The van der Waals surface area contributed by atoms with Crippen LogP contribution in [0, 0.1) is 11.3 Å². The van der Waals surface area contributed by atoms with Gasteiger partial charge >= 0.3 is 0 Å². The van der Waals surface area contributed by atoms with Gasteiger partial charge in [-0.3, -0.25) is 4.90 Å². The summed E-state index contributed by atoms with van der Waals surface area (Å²) in [6.07, 6.45) is 5.03. The van der Waals surface area contributed by atoms with Crippen molar-refractivity contribution in [1.29, 1.82) is 0 Å². The van der Waals surface area contributed by atoms with E-state index < -0.39 is 0 Å². The lowest BCUT2D eigenvalue weighted by Gasteiger charge is -2.53. The molecule has 1 saturated carbocycles. The highest BCUT2D eigenvalue weighted by Crippen LogP contribution is 2.46. The Morgan fingerprint density at radius 3 is 2.35 bits per heavy atom. The maximum Gasteiger partial charge on any atom is 0.0339 e. The second-order valence-corrected chi connectivity index (χ2v) is 7.15. The SMILES string of the molecule is CCC(C)N(C)C1(CN)CC(C)CC(C)(C)C1. The molecule has 2 N–H and O–H groups in total.